The molecule has 0 atom stereocenters. The van der Waals surface area contributed by atoms with Crippen LogP contribution in [0.1, 0.15) is 38.4 Å². The fraction of sp³-hybridized carbons (Fsp3) is 0.700. The summed E-state index contributed by atoms with van der Waals surface area (Å²) in [6.45, 7) is 6.07. The first-order valence-electron chi connectivity index (χ1n) is 5.24. The molecule has 0 aliphatic heterocycles. The van der Waals surface area contributed by atoms with Crippen molar-refractivity contribution in [2.45, 2.75) is 40.2 Å². The number of aromatic nitrogens is 2. The molecule has 0 aliphatic rings. The molecule has 1 rings (SSSR count). The lowest BCUT2D eigenvalue weighted by Gasteiger charge is -2.10. The van der Waals surface area contributed by atoms with Crippen LogP contribution in [0.15, 0.2) is 4.52 Å². The van der Waals surface area contributed by atoms with Gasteiger partial charge >= 0.3 is 0 Å². The van der Waals surface area contributed by atoms with E-state index in [0.29, 0.717) is 18.3 Å². The molecule has 1 amide bonds. The Balaban J connectivity index is 2.40. The Kier molecular flexibility index (Phi) is 4.27. The van der Waals surface area contributed by atoms with Gasteiger partial charge in [0.25, 0.3) is 0 Å². The van der Waals surface area contributed by atoms with E-state index >= 15 is 0 Å². The van der Waals surface area contributed by atoms with Crippen molar-refractivity contribution in [3.05, 3.63) is 11.7 Å². The first-order valence-corrected chi connectivity index (χ1v) is 5.24. The van der Waals surface area contributed by atoms with Crippen LogP contribution in [0.5, 0.6) is 0 Å². The SMILES string of the molecule is CCC(CC)C(=O)NCc1nc(C)no1. The van der Waals surface area contributed by atoms with Crippen LogP contribution in [-0.2, 0) is 11.3 Å². The number of hydrogen-bond acceptors (Lipinski definition) is 4. The summed E-state index contributed by atoms with van der Waals surface area (Å²) in [4.78, 5) is 15.6. The smallest absolute Gasteiger partial charge is 0.246 e. The van der Waals surface area contributed by atoms with Crippen LogP contribution in [0.4, 0.5) is 0 Å². The number of amides is 1. The molecule has 5 heteroatoms. The second-order valence-electron chi connectivity index (χ2n) is 3.47. The van der Waals surface area contributed by atoms with Crippen molar-refractivity contribution >= 4 is 5.91 Å². The summed E-state index contributed by atoms with van der Waals surface area (Å²) in [5.74, 6) is 1.17. The maximum absolute atomic E-state index is 11.6. The van der Waals surface area contributed by atoms with Crippen LogP contribution in [0, 0.1) is 12.8 Å². The zero-order valence-electron chi connectivity index (χ0n) is 9.41. The largest absolute Gasteiger partial charge is 0.347 e. The summed E-state index contributed by atoms with van der Waals surface area (Å²) in [6.07, 6.45) is 1.70. The summed E-state index contributed by atoms with van der Waals surface area (Å²) < 4.78 is 4.89. The topological polar surface area (TPSA) is 68.0 Å². The number of hydrogen-bond donors (Lipinski definition) is 1. The predicted octanol–water partition coefficient (Wildman–Crippen LogP) is 1.43. The van der Waals surface area contributed by atoms with Crippen LogP contribution in [0.3, 0.4) is 0 Å². The zero-order valence-corrected chi connectivity index (χ0v) is 9.41. The number of nitrogens with zero attached hydrogens (tertiary/aromatic N) is 2. The standard InChI is InChI=1S/C10H17N3O2/c1-4-8(5-2)10(14)11-6-9-12-7(3)13-15-9/h8H,4-6H2,1-3H3,(H,11,14). The van der Waals surface area contributed by atoms with Crippen LogP contribution in [-0.4, -0.2) is 16.0 Å². The Morgan fingerprint density at radius 1 is 1.47 bits per heavy atom. The molecule has 5 nitrogen and oxygen atoms in total. The lowest BCUT2D eigenvalue weighted by atomic mass is 10.0. The molecule has 0 saturated carbocycles. The van der Waals surface area contributed by atoms with E-state index in [0.717, 1.165) is 12.8 Å². The van der Waals surface area contributed by atoms with Gasteiger partial charge in [0, 0.05) is 5.92 Å². The molecule has 15 heavy (non-hydrogen) atoms. The Morgan fingerprint density at radius 2 is 2.13 bits per heavy atom. The Bertz CT molecular complexity index is 318. The quantitative estimate of drug-likeness (QED) is 0.800. The van der Waals surface area contributed by atoms with Crippen molar-refractivity contribution in [1.29, 1.82) is 0 Å². The van der Waals surface area contributed by atoms with E-state index in [4.69, 9.17) is 4.52 Å². The molecule has 0 aromatic carbocycles. The maximum atomic E-state index is 11.6. The van der Waals surface area contributed by atoms with Gasteiger partial charge in [-0.3, -0.25) is 4.79 Å². The Hall–Kier alpha value is -1.39. The number of aryl methyl sites for hydroxylation is 1. The van der Waals surface area contributed by atoms with Gasteiger partial charge in [-0.15, -0.1) is 0 Å². The van der Waals surface area contributed by atoms with Crippen molar-refractivity contribution in [3.63, 3.8) is 0 Å². The minimum absolute atomic E-state index is 0.0517. The number of rotatable bonds is 5. The van der Waals surface area contributed by atoms with E-state index in [9.17, 15) is 4.79 Å². The maximum Gasteiger partial charge on any atom is 0.246 e. The van der Waals surface area contributed by atoms with E-state index in [1.165, 1.54) is 0 Å². The molecular weight excluding hydrogens is 194 g/mol. The number of nitrogens with one attached hydrogen (secondary N) is 1. The van der Waals surface area contributed by atoms with Gasteiger partial charge in [0.1, 0.15) is 0 Å². The van der Waals surface area contributed by atoms with Crippen LogP contribution < -0.4 is 5.32 Å². The molecule has 0 bridgehead atoms. The fourth-order valence-corrected chi connectivity index (χ4v) is 1.38. The molecule has 84 valence electrons. The van der Waals surface area contributed by atoms with Gasteiger partial charge in [0.2, 0.25) is 11.8 Å². The first-order chi connectivity index (χ1) is 7.17. The highest BCUT2D eigenvalue weighted by Crippen LogP contribution is 2.07. The molecule has 0 fully saturated rings. The molecule has 0 unspecified atom stereocenters. The third-order valence-corrected chi connectivity index (χ3v) is 2.34. The molecule has 1 aromatic rings. The van der Waals surface area contributed by atoms with E-state index in [1.54, 1.807) is 6.92 Å². The minimum Gasteiger partial charge on any atom is -0.347 e. The molecule has 0 radical (unpaired) electrons. The van der Waals surface area contributed by atoms with Gasteiger partial charge in [0.15, 0.2) is 5.82 Å². The molecule has 1 aromatic heterocycles. The second-order valence-corrected chi connectivity index (χ2v) is 3.47. The van der Waals surface area contributed by atoms with Crippen molar-refractivity contribution in [2.75, 3.05) is 0 Å². The average molecular weight is 211 g/mol. The first kappa shape index (κ1) is 11.7. The third kappa shape index (κ3) is 3.34. The fourth-order valence-electron chi connectivity index (χ4n) is 1.38. The average Bonchev–Trinajstić information content (AvgIpc) is 2.63. The highest BCUT2D eigenvalue weighted by molar-refractivity contribution is 5.78. The summed E-state index contributed by atoms with van der Waals surface area (Å²) in [5, 5.41) is 6.42. The van der Waals surface area contributed by atoms with Crippen LogP contribution in [0.2, 0.25) is 0 Å². The van der Waals surface area contributed by atoms with Gasteiger partial charge < -0.3 is 9.84 Å². The van der Waals surface area contributed by atoms with E-state index < -0.39 is 0 Å². The molecule has 1 heterocycles. The molecular formula is C10H17N3O2. The minimum atomic E-state index is 0.0517. The second kappa shape index (κ2) is 5.48. The van der Waals surface area contributed by atoms with Crippen LogP contribution >= 0.6 is 0 Å². The van der Waals surface area contributed by atoms with E-state index in [2.05, 4.69) is 15.5 Å². The predicted molar refractivity (Wildman–Crippen MR) is 55.0 cm³/mol. The van der Waals surface area contributed by atoms with Gasteiger partial charge in [-0.25, -0.2) is 0 Å². The summed E-state index contributed by atoms with van der Waals surface area (Å²) in [7, 11) is 0. The van der Waals surface area contributed by atoms with E-state index in [1.807, 2.05) is 13.8 Å². The van der Waals surface area contributed by atoms with Crippen LogP contribution in [0.25, 0.3) is 0 Å². The zero-order chi connectivity index (χ0) is 11.3. The normalized spacial score (nSPS) is 10.7. The molecule has 0 aliphatic carbocycles. The van der Waals surface area contributed by atoms with Gasteiger partial charge in [-0.05, 0) is 19.8 Å². The Labute approximate surface area is 89.2 Å². The Morgan fingerprint density at radius 3 is 2.60 bits per heavy atom. The highest BCUT2D eigenvalue weighted by Gasteiger charge is 2.14. The number of carbonyl (C=O) groups is 1. The summed E-state index contributed by atoms with van der Waals surface area (Å²) in [5.41, 5.74) is 0. The monoisotopic (exact) mass is 211 g/mol. The lowest BCUT2D eigenvalue weighted by Crippen LogP contribution is -2.29. The number of carbonyl (C=O) groups excluding carboxylic acids is 1. The van der Waals surface area contributed by atoms with Crippen molar-refractivity contribution < 1.29 is 9.32 Å². The highest BCUT2D eigenvalue weighted by atomic mass is 16.5. The summed E-state index contributed by atoms with van der Waals surface area (Å²) >= 11 is 0. The summed E-state index contributed by atoms with van der Waals surface area (Å²) in [6, 6.07) is 0. The van der Waals surface area contributed by atoms with Gasteiger partial charge in [-0.1, -0.05) is 19.0 Å². The molecule has 0 spiro atoms. The van der Waals surface area contributed by atoms with Crippen molar-refractivity contribution in [1.82, 2.24) is 15.5 Å². The van der Waals surface area contributed by atoms with Gasteiger partial charge in [-0.2, -0.15) is 4.98 Å². The molecule has 1 N–H and O–H groups in total. The third-order valence-electron chi connectivity index (χ3n) is 2.34. The molecule has 0 saturated heterocycles. The van der Waals surface area contributed by atoms with E-state index in [-0.39, 0.29) is 11.8 Å². The lowest BCUT2D eigenvalue weighted by molar-refractivity contribution is -0.125. The van der Waals surface area contributed by atoms with Crippen molar-refractivity contribution in [3.8, 4) is 0 Å². The van der Waals surface area contributed by atoms with Gasteiger partial charge in [0.05, 0.1) is 6.54 Å². The van der Waals surface area contributed by atoms with Crippen molar-refractivity contribution in [2.24, 2.45) is 5.92 Å².